The van der Waals surface area contributed by atoms with Crippen LogP contribution in [-0.4, -0.2) is 30.1 Å². The zero-order valence-electron chi connectivity index (χ0n) is 11.2. The summed E-state index contributed by atoms with van der Waals surface area (Å²) in [6.45, 7) is 0.350. The van der Waals surface area contributed by atoms with Crippen LogP contribution in [0.5, 0.6) is 0 Å². The molecular weight excluding hydrogens is 246 g/mol. The van der Waals surface area contributed by atoms with Crippen LogP contribution < -0.4 is 5.32 Å². The standard InChI is InChI=1S/C15H20F2N2/c1-19(9-13-14(16)3-2-4-15(13)17)12-7-10-5-6-11(8-12)18-10/h2-4,10-12,18H,5-9H2,1H3. The molecule has 1 N–H and O–H groups in total. The van der Waals surface area contributed by atoms with Crippen molar-refractivity contribution in [2.24, 2.45) is 0 Å². The summed E-state index contributed by atoms with van der Waals surface area (Å²) in [6.07, 6.45) is 4.65. The molecular formula is C15H20F2N2. The molecule has 2 aliphatic heterocycles. The van der Waals surface area contributed by atoms with Crippen LogP contribution in [0.15, 0.2) is 18.2 Å². The first-order valence-corrected chi connectivity index (χ1v) is 7.02. The summed E-state index contributed by atoms with van der Waals surface area (Å²) in [5, 5.41) is 3.59. The van der Waals surface area contributed by atoms with Gasteiger partial charge in [0.15, 0.2) is 0 Å². The maximum atomic E-state index is 13.7. The van der Waals surface area contributed by atoms with E-state index in [1.54, 1.807) is 0 Å². The Morgan fingerprint density at radius 3 is 2.32 bits per heavy atom. The smallest absolute Gasteiger partial charge is 0.130 e. The van der Waals surface area contributed by atoms with E-state index in [-0.39, 0.29) is 5.56 Å². The van der Waals surface area contributed by atoms with Crippen LogP contribution in [0.4, 0.5) is 8.78 Å². The number of fused-ring (bicyclic) bond motifs is 2. The van der Waals surface area contributed by atoms with E-state index >= 15 is 0 Å². The van der Waals surface area contributed by atoms with E-state index in [2.05, 4.69) is 10.2 Å². The molecule has 0 aliphatic carbocycles. The van der Waals surface area contributed by atoms with Gasteiger partial charge in [-0.1, -0.05) is 6.07 Å². The fourth-order valence-corrected chi connectivity index (χ4v) is 3.45. The topological polar surface area (TPSA) is 15.3 Å². The fraction of sp³-hybridized carbons (Fsp3) is 0.600. The van der Waals surface area contributed by atoms with Gasteiger partial charge in [0.05, 0.1) is 0 Å². The zero-order chi connectivity index (χ0) is 13.4. The van der Waals surface area contributed by atoms with Crippen molar-refractivity contribution in [1.29, 1.82) is 0 Å². The summed E-state index contributed by atoms with van der Waals surface area (Å²) in [5.41, 5.74) is 0.191. The number of hydrogen-bond donors (Lipinski definition) is 1. The summed E-state index contributed by atoms with van der Waals surface area (Å²) in [5.74, 6) is -0.882. The molecule has 2 atom stereocenters. The van der Waals surface area contributed by atoms with Gasteiger partial charge >= 0.3 is 0 Å². The molecule has 2 nitrogen and oxygen atoms in total. The van der Waals surface area contributed by atoms with Crippen LogP contribution in [0.25, 0.3) is 0 Å². The van der Waals surface area contributed by atoms with Gasteiger partial charge in [0.25, 0.3) is 0 Å². The molecule has 0 spiro atoms. The van der Waals surface area contributed by atoms with Crippen LogP contribution in [0.1, 0.15) is 31.2 Å². The summed E-state index contributed by atoms with van der Waals surface area (Å²) in [4.78, 5) is 2.10. The Labute approximate surface area is 112 Å². The zero-order valence-corrected chi connectivity index (χ0v) is 11.2. The van der Waals surface area contributed by atoms with Gasteiger partial charge in [-0.3, -0.25) is 4.90 Å². The molecule has 0 saturated carbocycles. The molecule has 4 heteroatoms. The molecule has 2 heterocycles. The van der Waals surface area contributed by atoms with Crippen molar-refractivity contribution in [3.8, 4) is 0 Å². The molecule has 19 heavy (non-hydrogen) atoms. The van der Waals surface area contributed by atoms with Gasteiger partial charge < -0.3 is 5.32 Å². The summed E-state index contributed by atoms with van der Waals surface area (Å²) in [7, 11) is 1.97. The lowest BCUT2D eigenvalue weighted by Gasteiger charge is -2.35. The minimum Gasteiger partial charge on any atom is -0.311 e. The Morgan fingerprint density at radius 2 is 1.74 bits per heavy atom. The first-order chi connectivity index (χ1) is 9.13. The van der Waals surface area contributed by atoms with Crippen molar-refractivity contribution in [2.75, 3.05) is 7.05 Å². The molecule has 1 aromatic carbocycles. The first-order valence-electron chi connectivity index (χ1n) is 7.02. The van der Waals surface area contributed by atoms with E-state index in [4.69, 9.17) is 0 Å². The second-order valence-electron chi connectivity index (χ2n) is 5.88. The Hall–Kier alpha value is -1.00. The number of benzene rings is 1. The van der Waals surface area contributed by atoms with Gasteiger partial charge in [-0.25, -0.2) is 8.78 Å². The molecule has 2 unspecified atom stereocenters. The minimum absolute atomic E-state index is 0.191. The monoisotopic (exact) mass is 266 g/mol. The molecule has 0 aromatic heterocycles. The fourth-order valence-electron chi connectivity index (χ4n) is 3.45. The quantitative estimate of drug-likeness (QED) is 0.905. The number of nitrogens with one attached hydrogen (secondary N) is 1. The predicted octanol–water partition coefficient (Wildman–Crippen LogP) is 2.68. The summed E-state index contributed by atoms with van der Waals surface area (Å²) in [6, 6.07) is 5.70. The lowest BCUT2D eigenvalue weighted by Crippen LogP contribution is -2.46. The van der Waals surface area contributed by atoms with Gasteiger partial charge in [-0.05, 0) is 44.9 Å². The molecule has 2 aliphatic rings. The van der Waals surface area contributed by atoms with Crippen molar-refractivity contribution in [2.45, 2.75) is 50.4 Å². The minimum atomic E-state index is -0.441. The average molecular weight is 266 g/mol. The van der Waals surface area contributed by atoms with E-state index < -0.39 is 11.6 Å². The van der Waals surface area contributed by atoms with E-state index in [0.717, 1.165) is 12.8 Å². The van der Waals surface area contributed by atoms with Crippen LogP contribution in [0, 0.1) is 11.6 Å². The van der Waals surface area contributed by atoms with E-state index in [1.165, 1.54) is 31.0 Å². The third-order valence-corrected chi connectivity index (χ3v) is 4.54. The van der Waals surface area contributed by atoms with Gasteiger partial charge in [-0.15, -0.1) is 0 Å². The third-order valence-electron chi connectivity index (χ3n) is 4.54. The number of piperidine rings is 1. The van der Waals surface area contributed by atoms with Gasteiger partial charge in [0.2, 0.25) is 0 Å². The molecule has 104 valence electrons. The van der Waals surface area contributed by atoms with Gasteiger partial charge in [0, 0.05) is 30.2 Å². The number of nitrogens with zero attached hydrogens (tertiary/aromatic N) is 1. The maximum Gasteiger partial charge on any atom is 0.130 e. The largest absolute Gasteiger partial charge is 0.311 e. The second kappa shape index (κ2) is 5.17. The van der Waals surface area contributed by atoms with E-state index in [0.29, 0.717) is 24.7 Å². The van der Waals surface area contributed by atoms with E-state index in [1.807, 2.05) is 7.05 Å². The molecule has 2 fully saturated rings. The van der Waals surface area contributed by atoms with Crippen molar-refractivity contribution >= 4 is 0 Å². The highest BCUT2D eigenvalue weighted by atomic mass is 19.1. The van der Waals surface area contributed by atoms with Gasteiger partial charge in [0.1, 0.15) is 11.6 Å². The molecule has 0 amide bonds. The molecule has 2 bridgehead atoms. The Kier molecular flexibility index (Phi) is 3.54. The van der Waals surface area contributed by atoms with Crippen LogP contribution in [-0.2, 0) is 6.54 Å². The molecule has 0 radical (unpaired) electrons. The number of hydrogen-bond acceptors (Lipinski definition) is 2. The lowest BCUT2D eigenvalue weighted by atomic mass is 9.98. The Morgan fingerprint density at radius 1 is 1.16 bits per heavy atom. The molecule has 1 aromatic rings. The van der Waals surface area contributed by atoms with Crippen LogP contribution in [0.2, 0.25) is 0 Å². The first kappa shape index (κ1) is 13.0. The van der Waals surface area contributed by atoms with Crippen LogP contribution >= 0.6 is 0 Å². The lowest BCUT2D eigenvalue weighted by molar-refractivity contribution is 0.162. The van der Waals surface area contributed by atoms with Crippen molar-refractivity contribution in [3.63, 3.8) is 0 Å². The third kappa shape index (κ3) is 2.65. The highest BCUT2D eigenvalue weighted by Gasteiger charge is 2.35. The Bertz CT molecular complexity index is 431. The number of rotatable bonds is 3. The van der Waals surface area contributed by atoms with Gasteiger partial charge in [-0.2, -0.15) is 0 Å². The molecule has 2 saturated heterocycles. The summed E-state index contributed by atoms with van der Waals surface area (Å²) < 4.78 is 27.3. The predicted molar refractivity (Wildman–Crippen MR) is 70.8 cm³/mol. The molecule has 3 rings (SSSR count). The SMILES string of the molecule is CN(Cc1c(F)cccc1F)C1CC2CCC(C1)N2. The van der Waals surface area contributed by atoms with Crippen molar-refractivity contribution in [3.05, 3.63) is 35.4 Å². The van der Waals surface area contributed by atoms with Crippen LogP contribution in [0.3, 0.4) is 0 Å². The second-order valence-corrected chi connectivity index (χ2v) is 5.88. The highest BCUT2D eigenvalue weighted by molar-refractivity contribution is 5.19. The Balaban J connectivity index is 1.69. The van der Waals surface area contributed by atoms with Crippen molar-refractivity contribution < 1.29 is 8.78 Å². The number of halogens is 2. The van der Waals surface area contributed by atoms with Crippen molar-refractivity contribution in [1.82, 2.24) is 10.2 Å². The average Bonchev–Trinajstić information content (AvgIpc) is 2.72. The maximum absolute atomic E-state index is 13.7. The normalized spacial score (nSPS) is 30.0. The highest BCUT2D eigenvalue weighted by Crippen LogP contribution is 2.30. The summed E-state index contributed by atoms with van der Waals surface area (Å²) >= 11 is 0. The van der Waals surface area contributed by atoms with E-state index in [9.17, 15) is 8.78 Å².